The lowest BCUT2D eigenvalue weighted by Gasteiger charge is -2.22. The van der Waals surface area contributed by atoms with Crippen molar-refractivity contribution in [1.29, 1.82) is 0 Å². The molecule has 1 unspecified atom stereocenters. The molecule has 1 atom stereocenters. The largest absolute Gasteiger partial charge is 0.465 e. The number of hydrogen-bond acceptors (Lipinski definition) is 5. The highest BCUT2D eigenvalue weighted by Crippen LogP contribution is 2.35. The predicted octanol–water partition coefficient (Wildman–Crippen LogP) is 1.58. The zero-order valence-electron chi connectivity index (χ0n) is 10.8. The topological polar surface area (TPSA) is 48.0 Å². The third-order valence-corrected chi connectivity index (χ3v) is 2.74. The Morgan fingerprint density at radius 1 is 1.39 bits per heavy atom. The molecule has 0 bridgehead atoms. The van der Waals surface area contributed by atoms with Crippen molar-refractivity contribution >= 4 is 5.97 Å². The summed E-state index contributed by atoms with van der Waals surface area (Å²) in [5.74, 6) is 1.12. The fourth-order valence-corrected chi connectivity index (χ4v) is 1.95. The quantitative estimate of drug-likeness (QED) is 0.760. The van der Waals surface area contributed by atoms with Gasteiger partial charge in [0.2, 0.25) is 6.79 Å². The summed E-state index contributed by atoms with van der Waals surface area (Å²) in [7, 11) is 3.68. The molecule has 5 nitrogen and oxygen atoms in total. The van der Waals surface area contributed by atoms with Crippen molar-refractivity contribution in [3.05, 3.63) is 23.8 Å². The highest BCUT2D eigenvalue weighted by molar-refractivity contribution is 5.78. The first-order valence-electron chi connectivity index (χ1n) is 5.86. The minimum Gasteiger partial charge on any atom is -0.465 e. The molecule has 0 radical (unpaired) electrons. The minimum atomic E-state index is -0.431. The van der Waals surface area contributed by atoms with Crippen molar-refractivity contribution < 1.29 is 19.0 Å². The summed E-state index contributed by atoms with van der Waals surface area (Å²) in [6.45, 7) is 2.39. The van der Waals surface area contributed by atoms with Crippen LogP contribution < -0.4 is 9.47 Å². The van der Waals surface area contributed by atoms with E-state index >= 15 is 0 Å². The number of ether oxygens (including phenoxy) is 3. The highest BCUT2D eigenvalue weighted by atomic mass is 16.7. The molecule has 1 aromatic rings. The van der Waals surface area contributed by atoms with Gasteiger partial charge in [-0.2, -0.15) is 0 Å². The zero-order chi connectivity index (χ0) is 13.1. The summed E-state index contributed by atoms with van der Waals surface area (Å²) in [5, 5.41) is 0. The van der Waals surface area contributed by atoms with Crippen LogP contribution in [-0.4, -0.2) is 38.4 Å². The first-order chi connectivity index (χ1) is 8.63. The Morgan fingerprint density at radius 2 is 2.11 bits per heavy atom. The molecular formula is C13H17NO4. The Balaban J connectivity index is 2.28. The van der Waals surface area contributed by atoms with E-state index in [0.29, 0.717) is 18.1 Å². The molecule has 0 fully saturated rings. The summed E-state index contributed by atoms with van der Waals surface area (Å²) in [5.41, 5.74) is 0.836. The second-order valence-corrected chi connectivity index (χ2v) is 4.23. The maximum Gasteiger partial charge on any atom is 0.327 e. The standard InChI is InChI=1S/C13H17NO4/c1-4-16-13(15)12(14(2)3)9-5-6-10-11(7-9)18-8-17-10/h5-7,12H,4,8H2,1-3H3. The van der Waals surface area contributed by atoms with Gasteiger partial charge < -0.3 is 14.2 Å². The van der Waals surface area contributed by atoms with Crippen LogP contribution in [0.5, 0.6) is 11.5 Å². The normalized spacial score (nSPS) is 14.7. The Kier molecular flexibility index (Phi) is 3.72. The van der Waals surface area contributed by atoms with Gasteiger partial charge in [0.15, 0.2) is 11.5 Å². The van der Waals surface area contributed by atoms with Crippen molar-refractivity contribution in [2.75, 3.05) is 27.5 Å². The van der Waals surface area contributed by atoms with Crippen molar-refractivity contribution in [3.63, 3.8) is 0 Å². The van der Waals surface area contributed by atoms with Gasteiger partial charge in [0.05, 0.1) is 6.61 Å². The summed E-state index contributed by atoms with van der Waals surface area (Å²) < 4.78 is 15.7. The Morgan fingerprint density at radius 3 is 2.78 bits per heavy atom. The van der Waals surface area contributed by atoms with Gasteiger partial charge in [-0.3, -0.25) is 4.90 Å². The molecule has 98 valence electrons. The molecule has 1 aromatic carbocycles. The van der Waals surface area contributed by atoms with Crippen LogP contribution in [0.1, 0.15) is 18.5 Å². The van der Waals surface area contributed by atoms with Crippen LogP contribution in [-0.2, 0) is 9.53 Å². The lowest BCUT2D eigenvalue weighted by molar-refractivity contribution is -0.148. The maximum atomic E-state index is 11.9. The molecule has 2 rings (SSSR count). The van der Waals surface area contributed by atoms with Crippen LogP contribution in [0.4, 0.5) is 0 Å². The molecule has 1 aliphatic rings. The molecule has 0 aromatic heterocycles. The molecular weight excluding hydrogens is 234 g/mol. The summed E-state index contributed by atoms with van der Waals surface area (Å²) in [4.78, 5) is 13.8. The van der Waals surface area contributed by atoms with Gasteiger partial charge in [-0.05, 0) is 38.7 Å². The van der Waals surface area contributed by atoms with Crippen LogP contribution in [0.3, 0.4) is 0 Å². The van der Waals surface area contributed by atoms with E-state index in [2.05, 4.69) is 0 Å². The third-order valence-electron chi connectivity index (χ3n) is 2.74. The average molecular weight is 251 g/mol. The van der Waals surface area contributed by atoms with Gasteiger partial charge in [0.25, 0.3) is 0 Å². The van der Waals surface area contributed by atoms with Gasteiger partial charge in [0.1, 0.15) is 6.04 Å². The molecule has 0 N–H and O–H groups in total. The van der Waals surface area contributed by atoms with E-state index in [0.717, 1.165) is 5.56 Å². The number of carbonyl (C=O) groups excluding carboxylic acids is 1. The molecule has 1 aliphatic heterocycles. The number of benzene rings is 1. The number of fused-ring (bicyclic) bond motifs is 1. The maximum absolute atomic E-state index is 11.9. The van der Waals surface area contributed by atoms with E-state index < -0.39 is 6.04 Å². The van der Waals surface area contributed by atoms with Gasteiger partial charge in [-0.15, -0.1) is 0 Å². The molecule has 0 amide bonds. The van der Waals surface area contributed by atoms with Gasteiger partial charge in [-0.25, -0.2) is 4.79 Å². The Labute approximate surface area is 106 Å². The third kappa shape index (κ3) is 2.41. The van der Waals surface area contributed by atoms with Gasteiger partial charge in [0, 0.05) is 0 Å². The number of rotatable bonds is 4. The first-order valence-corrected chi connectivity index (χ1v) is 5.86. The van der Waals surface area contributed by atoms with E-state index in [1.54, 1.807) is 6.92 Å². The van der Waals surface area contributed by atoms with Crippen molar-refractivity contribution in [3.8, 4) is 11.5 Å². The summed E-state index contributed by atoms with van der Waals surface area (Å²) in [6, 6.07) is 5.06. The summed E-state index contributed by atoms with van der Waals surface area (Å²) >= 11 is 0. The first kappa shape index (κ1) is 12.7. The monoisotopic (exact) mass is 251 g/mol. The predicted molar refractivity (Wildman–Crippen MR) is 65.6 cm³/mol. The van der Waals surface area contributed by atoms with E-state index in [9.17, 15) is 4.79 Å². The number of esters is 1. The number of nitrogens with zero attached hydrogens (tertiary/aromatic N) is 1. The fourth-order valence-electron chi connectivity index (χ4n) is 1.95. The van der Waals surface area contributed by atoms with Crippen LogP contribution in [0, 0.1) is 0 Å². The summed E-state index contributed by atoms with van der Waals surface area (Å²) in [6.07, 6.45) is 0. The van der Waals surface area contributed by atoms with Crippen molar-refractivity contribution in [2.24, 2.45) is 0 Å². The van der Waals surface area contributed by atoms with Crippen LogP contribution in [0.25, 0.3) is 0 Å². The Bertz CT molecular complexity index is 445. The van der Waals surface area contributed by atoms with E-state index in [1.807, 2.05) is 37.2 Å². The second-order valence-electron chi connectivity index (χ2n) is 4.23. The van der Waals surface area contributed by atoms with Crippen molar-refractivity contribution in [2.45, 2.75) is 13.0 Å². The smallest absolute Gasteiger partial charge is 0.327 e. The SMILES string of the molecule is CCOC(=O)C(c1ccc2c(c1)OCO2)N(C)C. The van der Waals surface area contributed by atoms with Crippen LogP contribution >= 0.6 is 0 Å². The van der Waals surface area contributed by atoms with Crippen molar-refractivity contribution in [1.82, 2.24) is 4.90 Å². The van der Waals surface area contributed by atoms with Crippen LogP contribution in [0.2, 0.25) is 0 Å². The molecule has 0 saturated carbocycles. The molecule has 5 heteroatoms. The fraction of sp³-hybridized carbons (Fsp3) is 0.462. The van der Waals surface area contributed by atoms with Crippen LogP contribution in [0.15, 0.2) is 18.2 Å². The molecule has 0 spiro atoms. The second kappa shape index (κ2) is 5.27. The molecule has 0 saturated heterocycles. The zero-order valence-corrected chi connectivity index (χ0v) is 10.8. The number of carbonyl (C=O) groups is 1. The van der Waals surface area contributed by atoms with Gasteiger partial charge >= 0.3 is 5.97 Å². The Hall–Kier alpha value is -1.75. The lowest BCUT2D eigenvalue weighted by atomic mass is 10.1. The average Bonchev–Trinajstić information content (AvgIpc) is 2.76. The molecule has 1 heterocycles. The minimum absolute atomic E-state index is 0.227. The number of likely N-dealkylation sites (N-methyl/N-ethyl adjacent to an activating group) is 1. The lowest BCUT2D eigenvalue weighted by Crippen LogP contribution is -2.29. The highest BCUT2D eigenvalue weighted by Gasteiger charge is 2.26. The number of hydrogen-bond donors (Lipinski definition) is 0. The molecule has 18 heavy (non-hydrogen) atoms. The van der Waals surface area contributed by atoms with E-state index in [1.165, 1.54) is 0 Å². The van der Waals surface area contributed by atoms with Gasteiger partial charge in [-0.1, -0.05) is 6.07 Å². The van der Waals surface area contributed by atoms with E-state index in [-0.39, 0.29) is 12.8 Å². The van der Waals surface area contributed by atoms with E-state index in [4.69, 9.17) is 14.2 Å². The molecule has 0 aliphatic carbocycles.